The lowest BCUT2D eigenvalue weighted by Gasteiger charge is -2.50. The fourth-order valence-electron chi connectivity index (χ4n) is 7.85. The van der Waals surface area contributed by atoms with Crippen LogP contribution in [0.1, 0.15) is 104 Å². The Bertz CT molecular complexity index is 1100. The Hall–Kier alpha value is -2.62. The highest BCUT2D eigenvalue weighted by Crippen LogP contribution is 2.62. The molecule has 2 aromatic rings. The monoisotopic (exact) mass is 530 g/mol. The van der Waals surface area contributed by atoms with Gasteiger partial charge in [-0.05, 0) is 127 Å². The molecule has 0 saturated heterocycles. The van der Waals surface area contributed by atoms with Gasteiger partial charge in [0.1, 0.15) is 11.2 Å². The quantitative estimate of drug-likeness (QED) is 0.374. The van der Waals surface area contributed by atoms with Crippen LogP contribution >= 0.6 is 0 Å². The average molecular weight is 531 g/mol. The highest BCUT2D eigenvalue weighted by molar-refractivity contribution is 5.82. The molecule has 4 nitrogen and oxygen atoms in total. The molecular weight excluding hydrogens is 484 g/mol. The Morgan fingerprint density at radius 1 is 0.590 bits per heavy atom. The molecule has 2 saturated carbocycles. The predicted octanol–water partition coefficient (Wildman–Crippen LogP) is 8.25. The molecule has 0 amide bonds. The van der Waals surface area contributed by atoms with Gasteiger partial charge in [0.2, 0.25) is 0 Å². The molecule has 0 spiro atoms. The maximum Gasteiger partial charge on any atom is 0.309 e. The van der Waals surface area contributed by atoms with Gasteiger partial charge in [-0.1, -0.05) is 48.5 Å². The zero-order valence-electron chi connectivity index (χ0n) is 24.7. The summed E-state index contributed by atoms with van der Waals surface area (Å²) in [5.41, 5.74) is 4.62. The van der Waals surface area contributed by atoms with Gasteiger partial charge >= 0.3 is 11.9 Å². The van der Waals surface area contributed by atoms with Crippen molar-refractivity contribution in [1.29, 1.82) is 0 Å². The van der Waals surface area contributed by atoms with Crippen molar-refractivity contribution in [1.82, 2.24) is 0 Å². The molecular formula is C35H46O4. The molecule has 3 aliphatic rings. The number of fused-ring (bicyclic) bond motifs is 3. The standard InChI is InChI=1S/C35H46O4/c1-33(2,3)38-31(36)23-15-19-25(20-16-23)35(26-21-17-24(18-22-26)32(37)39-34(4,5)6)29-13-9-7-11-27(29)28-12-8-10-14-30(28)35/h7-14,23-26H,15-22H2,1-6H3. The first-order chi connectivity index (χ1) is 18.4. The molecule has 3 aliphatic carbocycles. The first-order valence-electron chi connectivity index (χ1n) is 15.1. The maximum absolute atomic E-state index is 13.0. The summed E-state index contributed by atoms with van der Waals surface area (Å²) in [6.07, 6.45) is 7.55. The van der Waals surface area contributed by atoms with E-state index in [9.17, 15) is 9.59 Å². The van der Waals surface area contributed by atoms with Crippen LogP contribution in [0.25, 0.3) is 11.1 Å². The minimum atomic E-state index is -0.453. The second-order valence-electron chi connectivity index (χ2n) is 14.1. The van der Waals surface area contributed by atoms with E-state index in [1.807, 2.05) is 41.5 Å². The summed E-state index contributed by atoms with van der Waals surface area (Å²) >= 11 is 0. The minimum Gasteiger partial charge on any atom is -0.460 e. The van der Waals surface area contributed by atoms with Crippen molar-refractivity contribution in [3.05, 3.63) is 59.7 Å². The van der Waals surface area contributed by atoms with E-state index in [1.165, 1.54) is 22.3 Å². The largest absolute Gasteiger partial charge is 0.460 e. The van der Waals surface area contributed by atoms with Crippen molar-refractivity contribution in [3.8, 4) is 11.1 Å². The summed E-state index contributed by atoms with van der Waals surface area (Å²) in [5.74, 6) is 0.771. The topological polar surface area (TPSA) is 52.6 Å². The van der Waals surface area contributed by atoms with E-state index in [-0.39, 0.29) is 29.2 Å². The number of hydrogen-bond acceptors (Lipinski definition) is 4. The Kier molecular flexibility index (Phi) is 7.45. The second kappa shape index (κ2) is 10.4. The molecule has 0 N–H and O–H groups in total. The summed E-state index contributed by atoms with van der Waals surface area (Å²) in [5, 5.41) is 0. The molecule has 2 fully saturated rings. The molecule has 0 bridgehead atoms. The normalized spacial score (nSPS) is 26.3. The highest BCUT2D eigenvalue weighted by Gasteiger charge is 2.54. The average Bonchev–Trinajstić information content (AvgIpc) is 3.18. The van der Waals surface area contributed by atoms with E-state index >= 15 is 0 Å². The lowest BCUT2D eigenvalue weighted by Crippen LogP contribution is -2.46. The Balaban J connectivity index is 1.46. The number of benzene rings is 2. The Labute approximate surface area is 234 Å². The van der Waals surface area contributed by atoms with E-state index in [0.717, 1.165) is 51.4 Å². The van der Waals surface area contributed by atoms with Crippen molar-refractivity contribution in [2.24, 2.45) is 23.7 Å². The highest BCUT2D eigenvalue weighted by atomic mass is 16.6. The zero-order valence-corrected chi connectivity index (χ0v) is 24.7. The Morgan fingerprint density at radius 3 is 1.26 bits per heavy atom. The summed E-state index contributed by atoms with van der Waals surface area (Å²) < 4.78 is 11.6. The summed E-state index contributed by atoms with van der Waals surface area (Å²) in [7, 11) is 0. The number of ether oxygens (including phenoxy) is 2. The molecule has 4 heteroatoms. The first-order valence-corrected chi connectivity index (χ1v) is 15.1. The second-order valence-corrected chi connectivity index (χ2v) is 14.1. The third kappa shape index (κ3) is 5.41. The van der Waals surface area contributed by atoms with Gasteiger partial charge in [-0.3, -0.25) is 9.59 Å². The van der Waals surface area contributed by atoms with E-state index in [1.54, 1.807) is 0 Å². The van der Waals surface area contributed by atoms with Gasteiger partial charge in [-0.15, -0.1) is 0 Å². The molecule has 0 aromatic heterocycles. The molecule has 39 heavy (non-hydrogen) atoms. The van der Waals surface area contributed by atoms with Gasteiger partial charge in [0, 0.05) is 5.41 Å². The zero-order chi connectivity index (χ0) is 28.0. The van der Waals surface area contributed by atoms with Gasteiger partial charge in [0.15, 0.2) is 0 Å². The van der Waals surface area contributed by atoms with Crippen molar-refractivity contribution in [3.63, 3.8) is 0 Å². The first kappa shape index (κ1) is 27.9. The van der Waals surface area contributed by atoms with Crippen LogP contribution in [0.4, 0.5) is 0 Å². The molecule has 210 valence electrons. The number of hydrogen-bond donors (Lipinski definition) is 0. The predicted molar refractivity (Wildman–Crippen MR) is 155 cm³/mol. The van der Waals surface area contributed by atoms with Crippen molar-refractivity contribution >= 4 is 11.9 Å². The van der Waals surface area contributed by atoms with Crippen LogP contribution in [0.5, 0.6) is 0 Å². The fourth-order valence-corrected chi connectivity index (χ4v) is 7.85. The Morgan fingerprint density at radius 2 is 0.923 bits per heavy atom. The van der Waals surface area contributed by atoms with Gasteiger partial charge in [0.05, 0.1) is 11.8 Å². The number of carbonyl (C=O) groups excluding carboxylic acids is 2. The van der Waals surface area contributed by atoms with Crippen LogP contribution in [0, 0.1) is 23.7 Å². The fraction of sp³-hybridized carbons (Fsp3) is 0.600. The van der Waals surface area contributed by atoms with Gasteiger partial charge in [-0.2, -0.15) is 0 Å². The molecule has 5 rings (SSSR count). The summed E-state index contributed by atoms with van der Waals surface area (Å²) in [6.45, 7) is 11.7. The van der Waals surface area contributed by atoms with Crippen molar-refractivity contribution in [2.75, 3.05) is 0 Å². The molecule has 0 atom stereocenters. The maximum atomic E-state index is 13.0. The SMILES string of the molecule is CC(C)(C)OC(=O)C1CCC(C2(C3CCC(C(=O)OC(C)(C)C)CC3)c3ccccc3-c3ccccc32)CC1. The van der Waals surface area contributed by atoms with Gasteiger partial charge < -0.3 is 9.47 Å². The molecule has 0 unspecified atom stereocenters. The summed E-state index contributed by atoms with van der Waals surface area (Å²) in [4.78, 5) is 25.9. The van der Waals surface area contributed by atoms with Crippen LogP contribution in [-0.2, 0) is 24.5 Å². The third-order valence-electron chi connectivity index (χ3n) is 9.26. The van der Waals surface area contributed by atoms with E-state index in [2.05, 4.69) is 48.5 Å². The lowest BCUT2D eigenvalue weighted by atomic mass is 9.53. The van der Waals surface area contributed by atoms with Crippen LogP contribution in [0.3, 0.4) is 0 Å². The van der Waals surface area contributed by atoms with Crippen molar-refractivity contribution < 1.29 is 19.1 Å². The summed E-state index contributed by atoms with van der Waals surface area (Å²) in [6, 6.07) is 18.0. The van der Waals surface area contributed by atoms with Crippen molar-refractivity contribution in [2.45, 2.75) is 110 Å². The molecule has 0 aliphatic heterocycles. The van der Waals surface area contributed by atoms with Crippen LogP contribution < -0.4 is 0 Å². The van der Waals surface area contributed by atoms with E-state index in [0.29, 0.717) is 11.8 Å². The smallest absolute Gasteiger partial charge is 0.309 e. The van der Waals surface area contributed by atoms with Gasteiger partial charge in [0.25, 0.3) is 0 Å². The molecule has 2 aromatic carbocycles. The van der Waals surface area contributed by atoms with E-state index < -0.39 is 11.2 Å². The third-order valence-corrected chi connectivity index (χ3v) is 9.26. The van der Waals surface area contributed by atoms with Crippen LogP contribution in [-0.4, -0.2) is 23.1 Å². The van der Waals surface area contributed by atoms with Crippen LogP contribution in [0.2, 0.25) is 0 Å². The minimum absolute atomic E-state index is 0.0210. The molecule has 0 radical (unpaired) electrons. The van der Waals surface area contributed by atoms with Gasteiger partial charge in [-0.25, -0.2) is 0 Å². The number of carbonyl (C=O) groups is 2. The number of esters is 2. The lowest BCUT2D eigenvalue weighted by molar-refractivity contribution is -0.162. The van der Waals surface area contributed by atoms with Crippen LogP contribution in [0.15, 0.2) is 48.5 Å². The molecule has 0 heterocycles. The number of rotatable bonds is 4. The van der Waals surface area contributed by atoms with E-state index in [4.69, 9.17) is 9.47 Å².